The van der Waals surface area contributed by atoms with Gasteiger partial charge < -0.3 is 59.0 Å². The fraction of sp³-hybridized carbons (Fsp3) is 0.827. The number of rotatable bonds is 16. The first kappa shape index (κ1) is 58.7. The molecule has 5 rings (SSSR count). The van der Waals surface area contributed by atoms with Gasteiger partial charge in [-0.3, -0.25) is 19.6 Å². The molecule has 404 valence electrons. The summed E-state index contributed by atoms with van der Waals surface area (Å²) in [5, 5.41) is 79.7. The number of nitro benzene ring substituents is 1. The minimum atomic E-state index is -1.81. The Morgan fingerprint density at radius 2 is 1.63 bits per heavy atom. The van der Waals surface area contributed by atoms with E-state index in [-0.39, 0.29) is 43.0 Å². The predicted octanol–water partition coefficient (Wildman–Crippen LogP) is 4.70. The van der Waals surface area contributed by atoms with Crippen LogP contribution >= 0.6 is 0 Å². The van der Waals surface area contributed by atoms with E-state index in [0.29, 0.717) is 32.5 Å². The molecule has 19 heteroatoms. The van der Waals surface area contributed by atoms with Crippen molar-refractivity contribution in [1.82, 2.24) is 24.8 Å². The number of carbonyl (C=O) groups excluding carboxylic acids is 1. The second kappa shape index (κ2) is 24.9. The molecule has 5 N–H and O–H groups in total. The number of hydrogen-bond acceptors (Lipinski definition) is 17. The number of unbranched alkanes of at least 4 members (excludes halogenated alkanes) is 1. The summed E-state index contributed by atoms with van der Waals surface area (Å²) in [7, 11) is 5.35. The lowest BCUT2D eigenvalue weighted by atomic mass is 9.68. The summed E-state index contributed by atoms with van der Waals surface area (Å²) < 4.78 is 34.0. The molecule has 2 aromatic rings. The van der Waals surface area contributed by atoms with Crippen molar-refractivity contribution in [3.05, 3.63) is 51.8 Å². The summed E-state index contributed by atoms with van der Waals surface area (Å²) in [6.45, 7) is 19.7. The van der Waals surface area contributed by atoms with Crippen LogP contribution in [0.25, 0.3) is 0 Å². The van der Waals surface area contributed by atoms with Gasteiger partial charge >= 0.3 is 5.97 Å². The van der Waals surface area contributed by atoms with Gasteiger partial charge in [0.25, 0.3) is 5.69 Å². The molecule has 0 aliphatic carbocycles. The SMILES string of the molecule is CC[C@H]1OC(=O)[C@H](C)C([C@H]2C[C@@](C)(OC)[C@@H](O)[C@H](C)O2)[C@H](C)[C@@H](O[C@@H]2O[C@H](C)C[C@H](N(C)CCCc3cn(CCCCc4ccc([N+](=O)[O-])cc4)nn3)[C@H]2O)[C@](C)(O)C[C@@H](C)CN(C)[C@H](C)[C@@H](O)[C@]1(C)O. The Labute approximate surface area is 421 Å². The summed E-state index contributed by atoms with van der Waals surface area (Å²) in [6, 6.07) is 5.73. The number of carbonyl (C=O) groups is 1. The lowest BCUT2D eigenvalue weighted by molar-refractivity contribution is -0.384. The van der Waals surface area contributed by atoms with E-state index >= 15 is 0 Å². The molecular weight excluding hydrogens is 917 g/mol. The van der Waals surface area contributed by atoms with E-state index in [4.69, 9.17) is 23.7 Å². The summed E-state index contributed by atoms with van der Waals surface area (Å²) in [5.74, 6) is -3.12. The van der Waals surface area contributed by atoms with Gasteiger partial charge in [-0.1, -0.05) is 45.0 Å². The van der Waals surface area contributed by atoms with E-state index in [1.54, 1.807) is 39.8 Å². The topological polar surface area (TPSA) is 245 Å². The highest BCUT2D eigenvalue weighted by Gasteiger charge is 2.55. The molecule has 0 bridgehead atoms. The number of cyclic esters (lactones) is 1. The average molecular weight is 1010 g/mol. The van der Waals surface area contributed by atoms with Crippen molar-refractivity contribution in [3.63, 3.8) is 0 Å². The zero-order valence-corrected chi connectivity index (χ0v) is 44.7. The van der Waals surface area contributed by atoms with E-state index in [2.05, 4.69) is 15.2 Å². The average Bonchev–Trinajstić information content (AvgIpc) is 3.77. The Morgan fingerprint density at radius 3 is 2.27 bits per heavy atom. The van der Waals surface area contributed by atoms with Crippen LogP contribution in [0.3, 0.4) is 0 Å². The Morgan fingerprint density at radius 1 is 0.958 bits per heavy atom. The largest absolute Gasteiger partial charge is 0.459 e. The van der Waals surface area contributed by atoms with Crippen molar-refractivity contribution < 1.29 is 58.9 Å². The Kier molecular flexibility index (Phi) is 20.6. The zero-order valence-electron chi connectivity index (χ0n) is 44.7. The number of aliphatic hydroxyl groups is 5. The molecule has 71 heavy (non-hydrogen) atoms. The number of aromatic nitrogens is 3. The molecule has 1 aromatic carbocycles. The maximum Gasteiger partial charge on any atom is 0.309 e. The highest BCUT2D eigenvalue weighted by atomic mass is 16.7. The Bertz CT molecular complexity index is 1990. The summed E-state index contributed by atoms with van der Waals surface area (Å²) in [6.07, 6.45) is -1.27. The standard InChI is InChI=1S/C52H88N6O13/c1-14-42-52(10,64)45(60)35(6)56(12)29-31(2)27-50(8,63)47(33(4)43(34(5)48(62)70-42)41-28-51(9,67-13)46(61)36(7)69-41)71-49-44(59)40(26-32(3)68-49)55(11)24-17-19-38-30-57(54-53-38)25-16-15-18-37-20-22-39(23-21-37)58(65)66/h20-23,30-36,40-47,49,59-61,63-64H,14-19,24-29H2,1-13H3/t31-,32-,33+,34-,35-,36+,40+,41-,42-,43?,44-,45-,46+,47-,49+,50-,51-,52-/m1/s1. The summed E-state index contributed by atoms with van der Waals surface area (Å²) in [4.78, 5) is 29.2. The molecule has 0 saturated carbocycles. The number of likely N-dealkylation sites (N-methyl/N-ethyl adjacent to an activating group) is 2. The maximum atomic E-state index is 14.6. The number of aliphatic hydroxyl groups excluding tert-OH is 3. The van der Waals surface area contributed by atoms with Gasteiger partial charge in [0.1, 0.15) is 30.0 Å². The van der Waals surface area contributed by atoms with Crippen molar-refractivity contribution in [3.8, 4) is 0 Å². The number of hydrogen-bond donors (Lipinski definition) is 5. The molecule has 19 nitrogen and oxygen atoms in total. The fourth-order valence-electron chi connectivity index (χ4n) is 11.8. The highest BCUT2D eigenvalue weighted by molar-refractivity contribution is 5.73. The maximum absolute atomic E-state index is 14.6. The molecule has 3 saturated heterocycles. The quantitative estimate of drug-likeness (QED) is 0.0662. The predicted molar refractivity (Wildman–Crippen MR) is 266 cm³/mol. The van der Waals surface area contributed by atoms with Crippen LogP contribution in [0.5, 0.6) is 0 Å². The second-order valence-corrected chi connectivity index (χ2v) is 22.2. The first-order valence-corrected chi connectivity index (χ1v) is 26.0. The Balaban J connectivity index is 1.36. The number of esters is 1. The van der Waals surface area contributed by atoms with E-state index in [0.717, 1.165) is 36.9 Å². The monoisotopic (exact) mass is 1000 g/mol. The van der Waals surface area contributed by atoms with Crippen LogP contribution in [-0.2, 0) is 47.9 Å². The van der Waals surface area contributed by atoms with Crippen LogP contribution in [0, 0.1) is 33.8 Å². The van der Waals surface area contributed by atoms with Gasteiger partial charge in [-0.25, -0.2) is 0 Å². The molecule has 1 aromatic heterocycles. The molecule has 18 atom stereocenters. The van der Waals surface area contributed by atoms with Crippen molar-refractivity contribution in [2.75, 3.05) is 34.3 Å². The van der Waals surface area contributed by atoms with Gasteiger partial charge in [0, 0.05) is 63.0 Å². The first-order chi connectivity index (χ1) is 33.2. The summed E-state index contributed by atoms with van der Waals surface area (Å²) in [5.41, 5.74) is -2.45. The van der Waals surface area contributed by atoms with E-state index in [1.165, 1.54) is 26.2 Å². The van der Waals surface area contributed by atoms with Crippen LogP contribution in [-0.4, -0.2) is 180 Å². The number of methoxy groups -OCH3 is 1. The lowest BCUT2D eigenvalue weighted by Gasteiger charge is -2.51. The van der Waals surface area contributed by atoms with Crippen LogP contribution in [0.2, 0.25) is 0 Å². The van der Waals surface area contributed by atoms with Gasteiger partial charge in [0.2, 0.25) is 0 Å². The number of nitrogens with zero attached hydrogens (tertiary/aromatic N) is 6. The van der Waals surface area contributed by atoms with E-state index < -0.39 is 101 Å². The third kappa shape index (κ3) is 14.3. The number of nitro groups is 1. The number of ether oxygens (including phenoxy) is 5. The van der Waals surface area contributed by atoms with Gasteiger partial charge in [0.15, 0.2) is 6.29 Å². The second-order valence-electron chi connectivity index (χ2n) is 22.2. The number of non-ortho nitro benzene ring substituents is 1. The van der Waals surface area contributed by atoms with Gasteiger partial charge in [-0.05, 0) is 131 Å². The number of aryl methyl sites for hydroxylation is 3. The van der Waals surface area contributed by atoms with Gasteiger partial charge in [0.05, 0.1) is 52.2 Å². The third-order valence-corrected chi connectivity index (χ3v) is 16.2. The van der Waals surface area contributed by atoms with E-state index in [1.807, 2.05) is 64.5 Å². The van der Waals surface area contributed by atoms with Crippen LogP contribution < -0.4 is 0 Å². The van der Waals surface area contributed by atoms with Gasteiger partial charge in [-0.2, -0.15) is 0 Å². The molecule has 3 aliphatic heterocycles. The first-order valence-electron chi connectivity index (χ1n) is 26.0. The molecule has 4 heterocycles. The van der Waals surface area contributed by atoms with E-state index in [9.17, 15) is 40.4 Å². The van der Waals surface area contributed by atoms with Crippen molar-refractivity contribution in [2.24, 2.45) is 23.7 Å². The zero-order chi connectivity index (χ0) is 52.7. The minimum Gasteiger partial charge on any atom is -0.459 e. The molecule has 0 amide bonds. The Hall–Kier alpha value is -3.21. The minimum absolute atomic E-state index is 0.0841. The van der Waals surface area contributed by atoms with Crippen molar-refractivity contribution in [2.45, 2.75) is 218 Å². The highest BCUT2D eigenvalue weighted by Crippen LogP contribution is 2.45. The van der Waals surface area contributed by atoms with Crippen molar-refractivity contribution in [1.29, 1.82) is 0 Å². The third-order valence-electron chi connectivity index (χ3n) is 16.2. The number of benzene rings is 1. The van der Waals surface area contributed by atoms with Crippen molar-refractivity contribution >= 4 is 11.7 Å². The van der Waals surface area contributed by atoms with Crippen LogP contribution in [0.4, 0.5) is 5.69 Å². The molecule has 1 unspecified atom stereocenters. The molecule has 0 spiro atoms. The fourth-order valence-corrected chi connectivity index (χ4v) is 11.8. The summed E-state index contributed by atoms with van der Waals surface area (Å²) >= 11 is 0. The normalized spacial score (nSPS) is 39.4. The van der Waals surface area contributed by atoms with Crippen LogP contribution in [0.15, 0.2) is 30.5 Å². The van der Waals surface area contributed by atoms with Gasteiger partial charge in [-0.15, -0.1) is 5.10 Å². The van der Waals surface area contributed by atoms with Crippen LogP contribution in [0.1, 0.15) is 125 Å². The molecule has 0 radical (unpaired) electrons. The molecular formula is C52H88N6O13. The molecule has 3 aliphatic rings. The smallest absolute Gasteiger partial charge is 0.309 e. The molecule has 3 fully saturated rings. The lowest BCUT2D eigenvalue weighted by Crippen LogP contribution is -2.62.